The molecule has 0 aliphatic carbocycles. The fourth-order valence-electron chi connectivity index (χ4n) is 2.62. The van der Waals surface area contributed by atoms with Crippen molar-refractivity contribution in [3.8, 4) is 0 Å². The number of nitrogens with zero attached hydrogens (tertiary/aromatic N) is 1. The van der Waals surface area contributed by atoms with E-state index in [0.717, 1.165) is 36.0 Å². The summed E-state index contributed by atoms with van der Waals surface area (Å²) >= 11 is 0. The molecule has 1 aliphatic heterocycles. The highest BCUT2D eigenvalue weighted by Gasteiger charge is 2.29. The van der Waals surface area contributed by atoms with Gasteiger partial charge in [0.25, 0.3) is 0 Å². The molecule has 118 valence electrons. The lowest BCUT2D eigenvalue weighted by Crippen LogP contribution is -2.42. The van der Waals surface area contributed by atoms with Gasteiger partial charge in [-0.15, -0.1) is 0 Å². The van der Waals surface area contributed by atoms with Crippen molar-refractivity contribution < 1.29 is 9.59 Å². The van der Waals surface area contributed by atoms with Crippen LogP contribution in [0.15, 0.2) is 30.5 Å². The van der Waals surface area contributed by atoms with Crippen LogP contribution in [0.3, 0.4) is 0 Å². The van der Waals surface area contributed by atoms with Gasteiger partial charge >= 0.3 is 0 Å². The maximum atomic E-state index is 12.1. The second-order valence-corrected chi connectivity index (χ2v) is 5.31. The number of likely N-dealkylation sites (tertiary alicyclic amines) is 1. The molecule has 0 aromatic heterocycles. The third-order valence-electron chi connectivity index (χ3n) is 3.94. The van der Waals surface area contributed by atoms with Crippen molar-refractivity contribution in [1.82, 2.24) is 10.2 Å². The zero-order chi connectivity index (χ0) is 15.9. The summed E-state index contributed by atoms with van der Waals surface area (Å²) in [4.78, 5) is 24.5. The molecule has 22 heavy (non-hydrogen) atoms. The fraction of sp³-hybridized carbons (Fsp3) is 0.375. The molecule has 1 heterocycles. The van der Waals surface area contributed by atoms with Gasteiger partial charge in [0.2, 0.25) is 12.3 Å². The number of nitrogens with two attached hydrogens (primary N) is 2. The van der Waals surface area contributed by atoms with Crippen LogP contribution in [0.5, 0.6) is 0 Å². The average molecular weight is 302 g/mol. The van der Waals surface area contributed by atoms with Crippen molar-refractivity contribution in [2.75, 3.05) is 13.1 Å². The third kappa shape index (κ3) is 3.65. The predicted octanol–water partition coefficient (Wildman–Crippen LogP) is 0.182. The molecule has 1 aromatic rings. The number of hydrogen-bond acceptors (Lipinski definition) is 4. The first-order chi connectivity index (χ1) is 10.7. The molecule has 6 heteroatoms. The van der Waals surface area contributed by atoms with Gasteiger partial charge in [-0.2, -0.15) is 0 Å². The van der Waals surface area contributed by atoms with E-state index in [4.69, 9.17) is 11.5 Å². The second kappa shape index (κ2) is 7.61. The first-order valence-corrected chi connectivity index (χ1v) is 7.38. The minimum Gasteiger partial charge on any atom is -0.404 e. The van der Waals surface area contributed by atoms with Crippen LogP contribution in [0.2, 0.25) is 0 Å². The van der Waals surface area contributed by atoms with E-state index in [9.17, 15) is 9.59 Å². The van der Waals surface area contributed by atoms with Gasteiger partial charge < -0.3 is 21.7 Å². The molecule has 0 spiro atoms. The van der Waals surface area contributed by atoms with Gasteiger partial charge in [0.1, 0.15) is 6.04 Å². The zero-order valence-electron chi connectivity index (χ0n) is 12.5. The summed E-state index contributed by atoms with van der Waals surface area (Å²) in [5, 5.41) is 2.88. The van der Waals surface area contributed by atoms with Crippen LogP contribution in [0.1, 0.15) is 24.0 Å². The number of rotatable bonds is 6. The minimum atomic E-state index is -0.333. The van der Waals surface area contributed by atoms with E-state index in [-0.39, 0.29) is 11.9 Å². The van der Waals surface area contributed by atoms with Gasteiger partial charge in [0.15, 0.2) is 0 Å². The van der Waals surface area contributed by atoms with Crippen molar-refractivity contribution in [2.45, 2.75) is 25.4 Å². The Morgan fingerprint density at radius 3 is 2.68 bits per heavy atom. The Hall–Kier alpha value is -2.34. The molecular weight excluding hydrogens is 280 g/mol. The molecule has 0 unspecified atom stereocenters. The lowest BCUT2D eigenvalue weighted by Gasteiger charge is -2.19. The van der Waals surface area contributed by atoms with Gasteiger partial charge in [0, 0.05) is 19.6 Å². The molecule has 0 radical (unpaired) electrons. The number of nitrogens with one attached hydrogen (secondary N) is 1. The Morgan fingerprint density at radius 1 is 1.36 bits per heavy atom. The molecule has 2 rings (SSSR count). The first-order valence-electron chi connectivity index (χ1n) is 7.38. The van der Waals surface area contributed by atoms with E-state index in [1.807, 2.05) is 24.3 Å². The summed E-state index contributed by atoms with van der Waals surface area (Å²) in [6.07, 6.45) is 3.86. The van der Waals surface area contributed by atoms with Crippen molar-refractivity contribution in [3.63, 3.8) is 0 Å². The summed E-state index contributed by atoms with van der Waals surface area (Å²) in [7, 11) is 0. The lowest BCUT2D eigenvalue weighted by molar-refractivity contribution is -0.131. The van der Waals surface area contributed by atoms with Gasteiger partial charge in [0.05, 0.1) is 0 Å². The number of hydrogen-bond donors (Lipinski definition) is 3. The van der Waals surface area contributed by atoms with Crippen LogP contribution < -0.4 is 16.8 Å². The predicted molar refractivity (Wildman–Crippen MR) is 85.3 cm³/mol. The van der Waals surface area contributed by atoms with E-state index < -0.39 is 0 Å². The summed E-state index contributed by atoms with van der Waals surface area (Å²) in [5.74, 6) is -0.0989. The summed E-state index contributed by atoms with van der Waals surface area (Å²) in [5.41, 5.74) is 14.0. The normalized spacial score (nSPS) is 18.3. The fourth-order valence-corrected chi connectivity index (χ4v) is 2.62. The van der Waals surface area contributed by atoms with Crippen LogP contribution in [-0.2, 0) is 16.1 Å². The molecule has 0 saturated carbocycles. The third-order valence-corrected chi connectivity index (χ3v) is 3.94. The Morgan fingerprint density at radius 2 is 2.09 bits per heavy atom. The van der Waals surface area contributed by atoms with Crippen molar-refractivity contribution in [1.29, 1.82) is 0 Å². The maximum absolute atomic E-state index is 12.1. The summed E-state index contributed by atoms with van der Waals surface area (Å²) < 4.78 is 0. The number of benzene rings is 1. The Kier molecular flexibility index (Phi) is 5.55. The van der Waals surface area contributed by atoms with Gasteiger partial charge in [-0.1, -0.05) is 24.3 Å². The molecule has 1 saturated heterocycles. The lowest BCUT2D eigenvalue weighted by atomic mass is 10.0. The minimum absolute atomic E-state index is 0.0989. The summed E-state index contributed by atoms with van der Waals surface area (Å²) in [6.45, 7) is 1.48. The van der Waals surface area contributed by atoms with Crippen LogP contribution >= 0.6 is 0 Å². The van der Waals surface area contributed by atoms with E-state index >= 15 is 0 Å². The molecule has 1 atom stereocenters. The standard InChI is InChI=1S/C16H22N4O2/c17-8-14(9-18)13-5-3-12(4-6-13)10-19-16(22)15-2-1-7-20(15)11-21/h3-6,8,11,15H,1-2,7,9-10,17-18H2,(H,19,22)/b14-8+/t15-/m0/s1. The highest BCUT2D eigenvalue weighted by atomic mass is 16.2. The SMILES string of the molecule is N/C=C(\CN)c1ccc(CNC(=O)[C@@H]2CCCN2C=O)cc1. The topological polar surface area (TPSA) is 101 Å². The summed E-state index contributed by atoms with van der Waals surface area (Å²) in [6, 6.07) is 7.39. The monoisotopic (exact) mass is 302 g/mol. The van der Waals surface area contributed by atoms with Gasteiger partial charge in [-0.3, -0.25) is 9.59 Å². The van der Waals surface area contributed by atoms with E-state index in [2.05, 4.69) is 5.32 Å². The molecule has 1 aliphatic rings. The Labute approximate surface area is 130 Å². The van der Waals surface area contributed by atoms with Crippen molar-refractivity contribution in [2.24, 2.45) is 11.5 Å². The number of carbonyl (C=O) groups excluding carboxylic acids is 2. The van der Waals surface area contributed by atoms with Crippen LogP contribution in [-0.4, -0.2) is 36.3 Å². The molecular formula is C16H22N4O2. The molecule has 2 amide bonds. The maximum Gasteiger partial charge on any atom is 0.243 e. The van der Waals surface area contributed by atoms with Crippen LogP contribution in [0, 0.1) is 0 Å². The average Bonchev–Trinajstić information content (AvgIpc) is 3.03. The first kappa shape index (κ1) is 16.0. The molecule has 6 nitrogen and oxygen atoms in total. The van der Waals surface area contributed by atoms with E-state index in [1.54, 1.807) is 4.90 Å². The number of carbonyl (C=O) groups is 2. The number of amides is 2. The molecule has 1 fully saturated rings. The highest BCUT2D eigenvalue weighted by molar-refractivity contribution is 5.84. The second-order valence-electron chi connectivity index (χ2n) is 5.31. The van der Waals surface area contributed by atoms with Crippen molar-refractivity contribution >= 4 is 17.9 Å². The van der Waals surface area contributed by atoms with Gasteiger partial charge in [-0.05, 0) is 35.7 Å². The van der Waals surface area contributed by atoms with Crippen molar-refractivity contribution in [3.05, 3.63) is 41.6 Å². The van der Waals surface area contributed by atoms with E-state index in [1.165, 1.54) is 6.20 Å². The van der Waals surface area contributed by atoms with Crippen LogP contribution in [0.25, 0.3) is 5.57 Å². The molecule has 1 aromatic carbocycles. The largest absolute Gasteiger partial charge is 0.404 e. The molecule has 0 bridgehead atoms. The smallest absolute Gasteiger partial charge is 0.243 e. The zero-order valence-corrected chi connectivity index (χ0v) is 12.5. The molecule has 5 N–H and O–H groups in total. The van der Waals surface area contributed by atoms with Gasteiger partial charge in [-0.25, -0.2) is 0 Å². The van der Waals surface area contributed by atoms with Crippen LogP contribution in [0.4, 0.5) is 0 Å². The van der Waals surface area contributed by atoms with E-state index in [0.29, 0.717) is 19.6 Å². The quantitative estimate of drug-likeness (QED) is 0.652. The highest BCUT2D eigenvalue weighted by Crippen LogP contribution is 2.16. The Bertz CT molecular complexity index is 554. The Balaban J connectivity index is 1.91.